The number of aryl methyl sites for hydroxylation is 1. The minimum atomic E-state index is -0.0535. The van der Waals surface area contributed by atoms with Crippen LogP contribution in [0.25, 0.3) is 0 Å². The first-order valence-corrected chi connectivity index (χ1v) is 6.35. The molecule has 0 bridgehead atoms. The second-order valence-electron chi connectivity index (χ2n) is 4.72. The summed E-state index contributed by atoms with van der Waals surface area (Å²) in [6, 6.07) is 5.72. The summed E-state index contributed by atoms with van der Waals surface area (Å²) in [5.74, 6) is 0.523. The molecule has 0 aromatic heterocycles. The predicted octanol–water partition coefficient (Wildman–Crippen LogP) is 1.80. The molecule has 0 saturated carbocycles. The third-order valence-corrected chi connectivity index (χ3v) is 3.33. The average Bonchev–Trinajstić information content (AvgIpc) is 2.90. The lowest BCUT2D eigenvalue weighted by atomic mass is 10.1. The Bertz CT molecular complexity index is 426. The van der Waals surface area contributed by atoms with Gasteiger partial charge in [0.25, 0.3) is 5.91 Å². The van der Waals surface area contributed by atoms with Gasteiger partial charge in [0.2, 0.25) is 0 Å². The number of amides is 1. The lowest BCUT2D eigenvalue weighted by Crippen LogP contribution is -2.19. The number of hydrogen-bond acceptors (Lipinski definition) is 3. The van der Waals surface area contributed by atoms with E-state index in [4.69, 9.17) is 4.74 Å². The highest BCUT2D eigenvalue weighted by Crippen LogP contribution is 2.19. The van der Waals surface area contributed by atoms with Crippen molar-refractivity contribution >= 4 is 11.6 Å². The number of ether oxygens (including phenoxy) is 1. The van der Waals surface area contributed by atoms with Crippen molar-refractivity contribution in [3.05, 3.63) is 29.3 Å². The number of rotatable bonds is 4. The maximum Gasteiger partial charge on any atom is 0.251 e. The van der Waals surface area contributed by atoms with Crippen LogP contribution in [0, 0.1) is 12.8 Å². The first-order valence-electron chi connectivity index (χ1n) is 6.35. The van der Waals surface area contributed by atoms with Crippen molar-refractivity contribution in [2.24, 2.45) is 5.92 Å². The molecule has 98 valence electrons. The molecule has 1 heterocycles. The molecule has 2 N–H and O–H groups in total. The van der Waals surface area contributed by atoms with Crippen LogP contribution < -0.4 is 10.6 Å². The van der Waals surface area contributed by atoms with Gasteiger partial charge in [-0.1, -0.05) is 6.07 Å². The fraction of sp³-hybridized carbons (Fsp3) is 0.500. The number of carbonyl (C=O) groups is 1. The third kappa shape index (κ3) is 3.01. The van der Waals surface area contributed by atoms with Gasteiger partial charge in [-0.3, -0.25) is 4.79 Å². The zero-order valence-electron chi connectivity index (χ0n) is 11.0. The lowest BCUT2D eigenvalue weighted by Gasteiger charge is -2.14. The van der Waals surface area contributed by atoms with Crippen LogP contribution >= 0.6 is 0 Å². The fourth-order valence-corrected chi connectivity index (χ4v) is 2.10. The highest BCUT2D eigenvalue weighted by Gasteiger charge is 2.15. The molecular weight excluding hydrogens is 228 g/mol. The summed E-state index contributed by atoms with van der Waals surface area (Å²) in [6.45, 7) is 4.64. The fourth-order valence-electron chi connectivity index (χ4n) is 2.10. The third-order valence-electron chi connectivity index (χ3n) is 3.33. The van der Waals surface area contributed by atoms with Gasteiger partial charge in [-0.15, -0.1) is 0 Å². The van der Waals surface area contributed by atoms with Crippen LogP contribution in [0.2, 0.25) is 0 Å². The van der Waals surface area contributed by atoms with Gasteiger partial charge in [0.1, 0.15) is 0 Å². The molecule has 1 aliphatic rings. The minimum absolute atomic E-state index is 0.0535. The second-order valence-corrected chi connectivity index (χ2v) is 4.72. The molecule has 4 nitrogen and oxygen atoms in total. The van der Waals surface area contributed by atoms with Crippen molar-refractivity contribution in [1.29, 1.82) is 0 Å². The summed E-state index contributed by atoms with van der Waals surface area (Å²) in [7, 11) is 1.64. The van der Waals surface area contributed by atoms with E-state index in [0.29, 0.717) is 11.5 Å². The Morgan fingerprint density at radius 2 is 2.33 bits per heavy atom. The lowest BCUT2D eigenvalue weighted by molar-refractivity contribution is 0.0963. The van der Waals surface area contributed by atoms with Crippen LogP contribution in [-0.4, -0.2) is 32.7 Å². The van der Waals surface area contributed by atoms with E-state index in [1.807, 2.05) is 25.1 Å². The molecule has 18 heavy (non-hydrogen) atoms. The van der Waals surface area contributed by atoms with Gasteiger partial charge in [0.15, 0.2) is 0 Å². The van der Waals surface area contributed by atoms with Gasteiger partial charge >= 0.3 is 0 Å². The Morgan fingerprint density at radius 1 is 1.50 bits per heavy atom. The number of carbonyl (C=O) groups excluding carboxylic acids is 1. The van der Waals surface area contributed by atoms with Crippen molar-refractivity contribution < 1.29 is 9.53 Å². The molecule has 2 rings (SSSR count). The summed E-state index contributed by atoms with van der Waals surface area (Å²) in [5.41, 5.74) is 2.87. The molecule has 0 spiro atoms. The maximum atomic E-state index is 11.6. The molecule has 1 saturated heterocycles. The molecule has 1 fully saturated rings. The molecule has 0 radical (unpaired) electrons. The number of anilines is 1. The van der Waals surface area contributed by atoms with Gasteiger partial charge in [0, 0.05) is 37.4 Å². The minimum Gasteiger partial charge on any atom is -0.384 e. The van der Waals surface area contributed by atoms with Gasteiger partial charge in [-0.25, -0.2) is 0 Å². The molecule has 1 atom stereocenters. The highest BCUT2D eigenvalue weighted by atomic mass is 16.5. The standard InChI is InChI=1S/C14H20N2O2/c1-10-3-4-12(14(17)15-2)7-13(10)16-8-11-5-6-18-9-11/h3-4,7,11,16H,5-6,8-9H2,1-2H3,(H,15,17). The SMILES string of the molecule is CNC(=O)c1ccc(C)c(NCC2CCOC2)c1. The topological polar surface area (TPSA) is 50.4 Å². The Hall–Kier alpha value is -1.55. The normalized spacial score (nSPS) is 18.7. The largest absolute Gasteiger partial charge is 0.384 e. The smallest absolute Gasteiger partial charge is 0.251 e. The van der Waals surface area contributed by atoms with Crippen LogP contribution in [0.4, 0.5) is 5.69 Å². The van der Waals surface area contributed by atoms with E-state index in [-0.39, 0.29) is 5.91 Å². The summed E-state index contributed by atoms with van der Waals surface area (Å²) >= 11 is 0. The van der Waals surface area contributed by atoms with Crippen LogP contribution in [-0.2, 0) is 4.74 Å². The summed E-state index contributed by atoms with van der Waals surface area (Å²) in [6.07, 6.45) is 1.11. The summed E-state index contributed by atoms with van der Waals surface area (Å²) < 4.78 is 5.35. The van der Waals surface area contributed by atoms with Crippen molar-refractivity contribution in [3.63, 3.8) is 0 Å². The van der Waals surface area contributed by atoms with E-state index in [0.717, 1.165) is 37.4 Å². The zero-order valence-corrected chi connectivity index (χ0v) is 11.0. The number of hydrogen-bond donors (Lipinski definition) is 2. The maximum absolute atomic E-state index is 11.6. The van der Waals surface area contributed by atoms with Crippen molar-refractivity contribution in [1.82, 2.24) is 5.32 Å². The van der Waals surface area contributed by atoms with E-state index in [2.05, 4.69) is 10.6 Å². The van der Waals surface area contributed by atoms with E-state index >= 15 is 0 Å². The highest BCUT2D eigenvalue weighted by molar-refractivity contribution is 5.95. The monoisotopic (exact) mass is 248 g/mol. The van der Waals surface area contributed by atoms with Gasteiger partial charge in [0.05, 0.1) is 6.61 Å². The summed E-state index contributed by atoms with van der Waals surface area (Å²) in [5, 5.41) is 6.05. The Morgan fingerprint density at radius 3 is 3.00 bits per heavy atom. The molecule has 1 unspecified atom stereocenters. The number of benzene rings is 1. The van der Waals surface area contributed by atoms with Crippen molar-refractivity contribution in [2.45, 2.75) is 13.3 Å². The van der Waals surface area contributed by atoms with Gasteiger partial charge in [-0.05, 0) is 31.0 Å². The Balaban J connectivity index is 2.03. The Kier molecular flexibility index (Phi) is 4.20. The molecule has 1 aliphatic heterocycles. The van der Waals surface area contributed by atoms with Gasteiger partial charge < -0.3 is 15.4 Å². The number of nitrogens with one attached hydrogen (secondary N) is 2. The molecule has 4 heteroatoms. The van der Waals surface area contributed by atoms with Crippen LogP contribution in [0.3, 0.4) is 0 Å². The van der Waals surface area contributed by atoms with Crippen LogP contribution in [0.1, 0.15) is 22.3 Å². The molecule has 1 aromatic rings. The quantitative estimate of drug-likeness (QED) is 0.854. The molecule has 1 aromatic carbocycles. The van der Waals surface area contributed by atoms with Crippen LogP contribution in [0.5, 0.6) is 0 Å². The summed E-state index contributed by atoms with van der Waals surface area (Å²) in [4.78, 5) is 11.6. The van der Waals surface area contributed by atoms with E-state index in [1.165, 1.54) is 0 Å². The second kappa shape index (κ2) is 5.87. The first kappa shape index (κ1) is 12.9. The van der Waals surface area contributed by atoms with E-state index in [1.54, 1.807) is 7.05 Å². The first-order chi connectivity index (χ1) is 8.70. The van der Waals surface area contributed by atoms with Crippen LogP contribution in [0.15, 0.2) is 18.2 Å². The van der Waals surface area contributed by atoms with E-state index in [9.17, 15) is 4.79 Å². The Labute approximate surface area is 108 Å². The molecule has 1 amide bonds. The van der Waals surface area contributed by atoms with Crippen molar-refractivity contribution in [3.8, 4) is 0 Å². The molecule has 0 aliphatic carbocycles. The molecular formula is C14H20N2O2. The van der Waals surface area contributed by atoms with E-state index < -0.39 is 0 Å². The van der Waals surface area contributed by atoms with Crippen molar-refractivity contribution in [2.75, 3.05) is 32.1 Å². The van der Waals surface area contributed by atoms with Gasteiger partial charge in [-0.2, -0.15) is 0 Å². The average molecular weight is 248 g/mol. The predicted molar refractivity (Wildman–Crippen MR) is 72.0 cm³/mol. The zero-order chi connectivity index (χ0) is 13.0.